The molecule has 0 saturated carbocycles. The minimum Gasteiger partial charge on any atom is -0.490 e. The number of rotatable bonds is 8. The summed E-state index contributed by atoms with van der Waals surface area (Å²) >= 11 is 0. The first-order valence-electron chi connectivity index (χ1n) is 8.33. The van der Waals surface area contributed by atoms with Gasteiger partial charge in [0.2, 0.25) is 0 Å². The molecule has 1 N–H and O–H groups in total. The molecule has 2 aromatic rings. The van der Waals surface area contributed by atoms with Crippen molar-refractivity contribution in [3.63, 3.8) is 0 Å². The number of amides is 1. The molecule has 8 heteroatoms. The van der Waals surface area contributed by atoms with Gasteiger partial charge in [0, 0.05) is 11.3 Å². The van der Waals surface area contributed by atoms with Gasteiger partial charge in [-0.2, -0.15) is 13.2 Å². The lowest BCUT2D eigenvalue weighted by molar-refractivity contribution is -0.153. The van der Waals surface area contributed by atoms with Crippen molar-refractivity contribution >= 4 is 11.6 Å². The minimum atomic E-state index is -4.40. The lowest BCUT2D eigenvalue weighted by Crippen LogP contribution is -2.19. The van der Waals surface area contributed by atoms with Crippen molar-refractivity contribution in [2.24, 2.45) is 0 Å². The van der Waals surface area contributed by atoms with Crippen molar-refractivity contribution < 1.29 is 32.2 Å². The Labute approximate surface area is 155 Å². The zero-order valence-corrected chi connectivity index (χ0v) is 14.9. The average Bonchev–Trinajstić information content (AvgIpc) is 2.62. The van der Waals surface area contributed by atoms with Gasteiger partial charge in [-0.25, -0.2) is 0 Å². The van der Waals surface area contributed by atoms with Gasteiger partial charge in [-0.3, -0.25) is 4.79 Å². The molecule has 0 spiro atoms. The second-order valence-electron chi connectivity index (χ2n) is 5.41. The monoisotopic (exact) mass is 383 g/mol. The molecule has 0 aliphatic carbocycles. The third-order valence-corrected chi connectivity index (χ3v) is 3.32. The predicted molar refractivity (Wildman–Crippen MR) is 94.7 cm³/mol. The second kappa shape index (κ2) is 9.16. The number of hydrogen-bond acceptors (Lipinski definition) is 4. The van der Waals surface area contributed by atoms with Gasteiger partial charge in [-0.15, -0.1) is 0 Å². The van der Waals surface area contributed by atoms with Crippen LogP contribution < -0.4 is 19.5 Å². The summed E-state index contributed by atoms with van der Waals surface area (Å²) in [6, 6.07) is 10.4. The van der Waals surface area contributed by atoms with Crippen LogP contribution in [0.1, 0.15) is 24.2 Å². The molecule has 146 valence electrons. The maximum atomic E-state index is 12.4. The molecule has 2 aromatic carbocycles. The summed E-state index contributed by atoms with van der Waals surface area (Å²) in [5, 5.41) is 2.67. The third-order valence-electron chi connectivity index (χ3n) is 3.32. The molecule has 1 amide bonds. The summed E-state index contributed by atoms with van der Waals surface area (Å²) in [5.41, 5.74) is 0.783. The maximum Gasteiger partial charge on any atom is 0.422 e. The van der Waals surface area contributed by atoms with Gasteiger partial charge < -0.3 is 19.5 Å². The molecule has 0 unspecified atom stereocenters. The van der Waals surface area contributed by atoms with Gasteiger partial charge in [0.05, 0.1) is 13.2 Å². The number of carbonyl (C=O) groups is 1. The second-order valence-corrected chi connectivity index (χ2v) is 5.41. The van der Waals surface area contributed by atoms with E-state index >= 15 is 0 Å². The Morgan fingerprint density at radius 1 is 0.926 bits per heavy atom. The molecule has 0 atom stereocenters. The van der Waals surface area contributed by atoms with Gasteiger partial charge in [-0.05, 0) is 56.3 Å². The predicted octanol–water partition coefficient (Wildman–Crippen LogP) is 4.68. The molecule has 0 saturated heterocycles. The molecule has 0 aliphatic rings. The van der Waals surface area contributed by atoms with Gasteiger partial charge in [0.15, 0.2) is 18.1 Å². The molecule has 2 rings (SSSR count). The molecule has 0 aliphatic heterocycles. The number of benzene rings is 2. The summed E-state index contributed by atoms with van der Waals surface area (Å²) in [6.45, 7) is 3.19. The Kier molecular flexibility index (Phi) is 6.92. The highest BCUT2D eigenvalue weighted by atomic mass is 19.4. The fraction of sp³-hybridized carbons (Fsp3) is 0.316. The number of alkyl halides is 3. The Bertz CT molecular complexity index is 761. The number of ether oxygens (including phenoxy) is 3. The Morgan fingerprint density at radius 2 is 1.56 bits per heavy atom. The van der Waals surface area contributed by atoms with E-state index in [1.807, 2.05) is 13.8 Å². The summed E-state index contributed by atoms with van der Waals surface area (Å²) in [7, 11) is 0. The quantitative estimate of drug-likeness (QED) is 0.719. The third kappa shape index (κ3) is 6.40. The van der Waals surface area contributed by atoms with Crippen molar-refractivity contribution in [3.05, 3.63) is 48.0 Å². The standard InChI is InChI=1S/C19H20F3NO4/c1-3-25-16-10-5-13(11-17(16)26-4-2)18(24)23-14-6-8-15(9-7-14)27-12-19(20,21)22/h5-11H,3-4,12H2,1-2H3,(H,23,24). The van der Waals surface area contributed by atoms with Crippen molar-refractivity contribution in [1.29, 1.82) is 0 Å². The highest BCUT2D eigenvalue weighted by Gasteiger charge is 2.28. The SMILES string of the molecule is CCOc1ccc(C(=O)Nc2ccc(OCC(F)(F)F)cc2)cc1OCC. The topological polar surface area (TPSA) is 56.8 Å². The first kappa shape index (κ1) is 20.4. The number of halogens is 3. The lowest BCUT2D eigenvalue weighted by atomic mass is 10.1. The van der Waals surface area contributed by atoms with E-state index in [1.54, 1.807) is 18.2 Å². The Balaban J connectivity index is 2.05. The first-order chi connectivity index (χ1) is 12.8. The molecule has 0 aromatic heterocycles. The molecule has 0 fully saturated rings. The van der Waals surface area contributed by atoms with Gasteiger partial charge in [0.25, 0.3) is 5.91 Å². The van der Waals surface area contributed by atoms with Crippen LogP contribution in [0, 0.1) is 0 Å². The van der Waals surface area contributed by atoms with E-state index in [9.17, 15) is 18.0 Å². The van der Waals surface area contributed by atoms with Crippen LogP contribution in [0.4, 0.5) is 18.9 Å². The van der Waals surface area contributed by atoms with Crippen LogP contribution in [0.5, 0.6) is 17.2 Å². The van der Waals surface area contributed by atoms with Crippen LogP contribution in [0.15, 0.2) is 42.5 Å². The smallest absolute Gasteiger partial charge is 0.422 e. The van der Waals surface area contributed by atoms with Gasteiger partial charge in [0.1, 0.15) is 5.75 Å². The summed E-state index contributed by atoms with van der Waals surface area (Å²) in [4.78, 5) is 12.4. The highest BCUT2D eigenvalue weighted by Crippen LogP contribution is 2.29. The van der Waals surface area contributed by atoms with Crippen LogP contribution in [-0.2, 0) is 0 Å². The zero-order valence-electron chi connectivity index (χ0n) is 14.9. The number of carbonyl (C=O) groups excluding carboxylic acids is 1. The zero-order chi connectivity index (χ0) is 19.9. The van der Waals surface area contributed by atoms with Crippen molar-refractivity contribution in [3.8, 4) is 17.2 Å². The van der Waals surface area contributed by atoms with Crippen molar-refractivity contribution in [2.45, 2.75) is 20.0 Å². The maximum absolute atomic E-state index is 12.4. The van der Waals surface area contributed by atoms with Crippen LogP contribution in [0.3, 0.4) is 0 Å². The highest BCUT2D eigenvalue weighted by molar-refractivity contribution is 6.04. The molecule has 0 heterocycles. The van der Waals surface area contributed by atoms with Crippen LogP contribution in [0.2, 0.25) is 0 Å². The summed E-state index contributed by atoms with van der Waals surface area (Å²) < 4.78 is 52.0. The lowest BCUT2D eigenvalue weighted by Gasteiger charge is -2.13. The van der Waals surface area contributed by atoms with Gasteiger partial charge in [-0.1, -0.05) is 0 Å². The number of anilines is 1. The first-order valence-corrected chi connectivity index (χ1v) is 8.33. The largest absolute Gasteiger partial charge is 0.490 e. The minimum absolute atomic E-state index is 0.0602. The fourth-order valence-corrected chi connectivity index (χ4v) is 2.20. The molecular weight excluding hydrogens is 363 g/mol. The molecule has 27 heavy (non-hydrogen) atoms. The molecule has 0 bridgehead atoms. The normalized spacial score (nSPS) is 11.0. The molecular formula is C19H20F3NO4. The number of nitrogens with one attached hydrogen (secondary N) is 1. The van der Waals surface area contributed by atoms with Crippen LogP contribution >= 0.6 is 0 Å². The van der Waals surface area contributed by atoms with Gasteiger partial charge >= 0.3 is 6.18 Å². The molecule has 0 radical (unpaired) electrons. The summed E-state index contributed by atoms with van der Waals surface area (Å²) in [6.07, 6.45) is -4.40. The van der Waals surface area contributed by atoms with E-state index in [0.29, 0.717) is 36.0 Å². The van der Waals surface area contributed by atoms with Crippen LogP contribution in [0.25, 0.3) is 0 Å². The van der Waals surface area contributed by atoms with Crippen molar-refractivity contribution in [2.75, 3.05) is 25.1 Å². The van der Waals surface area contributed by atoms with E-state index < -0.39 is 12.8 Å². The van der Waals surface area contributed by atoms with E-state index in [4.69, 9.17) is 9.47 Å². The number of hydrogen-bond donors (Lipinski definition) is 1. The fourth-order valence-electron chi connectivity index (χ4n) is 2.20. The summed E-state index contributed by atoms with van der Waals surface area (Å²) in [5.74, 6) is 0.679. The Morgan fingerprint density at radius 3 is 2.15 bits per heavy atom. The van der Waals surface area contributed by atoms with E-state index in [1.165, 1.54) is 24.3 Å². The molecule has 5 nitrogen and oxygen atoms in total. The average molecular weight is 383 g/mol. The van der Waals surface area contributed by atoms with E-state index in [2.05, 4.69) is 10.1 Å². The Hall–Kier alpha value is -2.90. The van der Waals surface area contributed by atoms with Crippen LogP contribution in [-0.4, -0.2) is 31.9 Å². The van der Waals surface area contributed by atoms with E-state index in [-0.39, 0.29) is 11.7 Å². The van der Waals surface area contributed by atoms with Crippen molar-refractivity contribution in [1.82, 2.24) is 0 Å². The van der Waals surface area contributed by atoms with E-state index in [0.717, 1.165) is 0 Å².